The van der Waals surface area contributed by atoms with Crippen LogP contribution in [0, 0.1) is 0 Å². The number of carbonyl (C=O) groups excluding carboxylic acids is 1. The van der Waals surface area contributed by atoms with Gasteiger partial charge in [-0.1, -0.05) is 0 Å². The highest BCUT2D eigenvalue weighted by atomic mass is 16.6. The summed E-state index contributed by atoms with van der Waals surface area (Å²) in [7, 11) is 0. The molecule has 0 unspecified atom stereocenters. The fourth-order valence-corrected chi connectivity index (χ4v) is 1.15. The van der Waals surface area contributed by atoms with Crippen LogP contribution in [0.15, 0.2) is 24.3 Å². The number of hydrogen-bond donors (Lipinski definition) is 2. The van der Waals surface area contributed by atoms with Gasteiger partial charge in [0.15, 0.2) is 0 Å². The molecule has 0 saturated heterocycles. The first kappa shape index (κ1) is 13.0. The van der Waals surface area contributed by atoms with Gasteiger partial charge in [-0.2, -0.15) is 0 Å². The number of benzene rings is 1. The molecule has 2 N–H and O–H groups in total. The minimum absolute atomic E-state index is 0.385. The average Bonchev–Trinajstić information content (AvgIpc) is 2.15. The molecule has 0 aliphatic heterocycles. The first-order valence-electron chi connectivity index (χ1n) is 5.11. The predicted molar refractivity (Wildman–Crippen MR) is 63.3 cm³/mol. The Balaban J connectivity index is 2.74. The number of ether oxygens (including phenoxy) is 1. The van der Waals surface area contributed by atoms with Crippen LogP contribution >= 0.6 is 0 Å². The zero-order chi connectivity index (χ0) is 13.1. The van der Waals surface area contributed by atoms with Gasteiger partial charge < -0.3 is 9.84 Å². The maximum atomic E-state index is 11.6. The van der Waals surface area contributed by atoms with Gasteiger partial charge in [0.05, 0.1) is 5.56 Å². The van der Waals surface area contributed by atoms with E-state index in [-0.39, 0.29) is 0 Å². The molecule has 0 heterocycles. The Morgan fingerprint density at radius 3 is 2.12 bits per heavy atom. The second kappa shape index (κ2) is 4.86. The van der Waals surface area contributed by atoms with E-state index in [1.165, 1.54) is 24.3 Å². The van der Waals surface area contributed by atoms with Crippen LogP contribution in [0.5, 0.6) is 0 Å². The number of amides is 1. The molecular weight excluding hydrogens is 222 g/mol. The molecule has 5 heteroatoms. The lowest BCUT2D eigenvalue weighted by atomic mass is 10.1. The van der Waals surface area contributed by atoms with Gasteiger partial charge in [-0.3, -0.25) is 5.32 Å². The third kappa shape index (κ3) is 4.55. The molecule has 1 aromatic rings. The van der Waals surface area contributed by atoms with Crippen LogP contribution in [-0.4, -0.2) is 22.8 Å². The molecule has 5 nitrogen and oxygen atoms in total. The Labute approximate surface area is 99.4 Å². The van der Waals surface area contributed by atoms with Gasteiger partial charge in [0.2, 0.25) is 0 Å². The van der Waals surface area contributed by atoms with Gasteiger partial charge in [-0.15, -0.1) is 0 Å². The molecule has 92 valence electrons. The van der Waals surface area contributed by atoms with Gasteiger partial charge in [-0.05, 0) is 45.0 Å². The van der Waals surface area contributed by atoms with E-state index in [1.54, 1.807) is 20.8 Å². The molecule has 17 heavy (non-hydrogen) atoms. The lowest BCUT2D eigenvalue weighted by Gasteiger charge is -2.19. The normalized spacial score (nSPS) is 10.8. The average molecular weight is 237 g/mol. The van der Waals surface area contributed by atoms with Crippen molar-refractivity contribution >= 4 is 17.7 Å². The third-order valence-corrected chi connectivity index (χ3v) is 1.77. The van der Waals surface area contributed by atoms with Crippen molar-refractivity contribution in [1.82, 2.24) is 0 Å². The number of anilines is 1. The lowest BCUT2D eigenvalue weighted by Crippen LogP contribution is -2.23. The van der Waals surface area contributed by atoms with Crippen molar-refractivity contribution in [2.75, 3.05) is 5.32 Å². The van der Waals surface area contributed by atoms with Crippen LogP contribution in [0.1, 0.15) is 31.1 Å². The lowest BCUT2D eigenvalue weighted by molar-refractivity contribution is 0.00695. The summed E-state index contributed by atoms with van der Waals surface area (Å²) in [4.78, 5) is 22.0. The van der Waals surface area contributed by atoms with Crippen molar-refractivity contribution in [3.8, 4) is 0 Å². The number of rotatable bonds is 2. The van der Waals surface area contributed by atoms with Gasteiger partial charge in [0.1, 0.15) is 5.60 Å². The molecule has 0 radical (unpaired) electrons. The topological polar surface area (TPSA) is 75.6 Å². The number of carboxylic acid groups (broad SMARTS) is 1. The van der Waals surface area contributed by atoms with Crippen LogP contribution < -0.4 is 5.32 Å². The smallest absolute Gasteiger partial charge is 0.409 e. The van der Waals surface area contributed by atoms with Crippen molar-refractivity contribution in [2.45, 2.75) is 26.4 Å². The van der Waals surface area contributed by atoms with E-state index in [1.807, 2.05) is 0 Å². The van der Waals surface area contributed by atoms with Crippen molar-refractivity contribution in [1.29, 1.82) is 0 Å². The van der Waals surface area contributed by atoms with E-state index in [4.69, 9.17) is 9.84 Å². The molecule has 0 fully saturated rings. The van der Waals surface area contributed by atoms with Crippen LogP contribution in [-0.2, 0) is 4.74 Å². The molecular formula is C12H15NO4. The molecule has 0 saturated carbocycles. The van der Waals surface area contributed by atoms with E-state index < -0.39 is 17.7 Å². The van der Waals surface area contributed by atoms with Gasteiger partial charge in [0.25, 0.3) is 0 Å². The van der Waals surface area contributed by atoms with Crippen LogP contribution in [0.25, 0.3) is 0 Å². The summed E-state index contributed by atoms with van der Waals surface area (Å²) >= 11 is 0. The molecule has 0 bridgehead atoms. The number of hydrogen-bond acceptors (Lipinski definition) is 3. The van der Waals surface area contributed by atoms with Gasteiger partial charge in [0, 0.05) is 5.69 Å². The Hall–Kier alpha value is -2.04. The maximum Gasteiger partial charge on any atom is 0.409 e. The van der Waals surface area contributed by atoms with E-state index in [0.29, 0.717) is 11.3 Å². The van der Waals surface area contributed by atoms with Crippen molar-refractivity contribution in [2.24, 2.45) is 0 Å². The largest absolute Gasteiger partial charge is 0.465 e. The molecule has 1 aromatic carbocycles. The molecule has 0 aromatic heterocycles. The molecule has 0 atom stereocenters. The second-order valence-electron chi connectivity index (χ2n) is 4.51. The maximum absolute atomic E-state index is 11.6. The Bertz CT molecular complexity index is 417. The standard InChI is InChI=1S/C12H15NO4/c1-12(2,3)17-10(14)8-4-6-9(7-5-8)13-11(15)16/h4-7,13H,1-3H3,(H,15,16). The summed E-state index contributed by atoms with van der Waals surface area (Å²) in [5, 5.41) is 10.7. The molecule has 0 spiro atoms. The zero-order valence-electron chi connectivity index (χ0n) is 9.98. The van der Waals surface area contributed by atoms with E-state index in [0.717, 1.165) is 0 Å². The monoisotopic (exact) mass is 237 g/mol. The Kier molecular flexibility index (Phi) is 3.73. The Morgan fingerprint density at radius 1 is 1.18 bits per heavy atom. The predicted octanol–water partition coefficient (Wildman–Crippen LogP) is 2.73. The Morgan fingerprint density at radius 2 is 1.71 bits per heavy atom. The van der Waals surface area contributed by atoms with Crippen molar-refractivity contribution in [3.05, 3.63) is 29.8 Å². The second-order valence-corrected chi connectivity index (χ2v) is 4.51. The summed E-state index contributed by atoms with van der Waals surface area (Å²) in [6.07, 6.45) is -1.14. The quantitative estimate of drug-likeness (QED) is 0.775. The highest BCUT2D eigenvalue weighted by Gasteiger charge is 2.17. The minimum atomic E-state index is -1.14. The zero-order valence-corrected chi connectivity index (χ0v) is 9.98. The van der Waals surface area contributed by atoms with Gasteiger partial charge >= 0.3 is 12.1 Å². The van der Waals surface area contributed by atoms with Crippen molar-refractivity contribution < 1.29 is 19.4 Å². The molecule has 0 aliphatic rings. The molecule has 1 rings (SSSR count). The summed E-state index contributed by atoms with van der Waals surface area (Å²) in [5.41, 5.74) is 0.246. The third-order valence-electron chi connectivity index (χ3n) is 1.77. The van der Waals surface area contributed by atoms with Crippen LogP contribution in [0.4, 0.5) is 10.5 Å². The van der Waals surface area contributed by atoms with E-state index in [9.17, 15) is 9.59 Å². The van der Waals surface area contributed by atoms with Crippen LogP contribution in [0.2, 0.25) is 0 Å². The van der Waals surface area contributed by atoms with Crippen LogP contribution in [0.3, 0.4) is 0 Å². The fourth-order valence-electron chi connectivity index (χ4n) is 1.15. The fraction of sp³-hybridized carbons (Fsp3) is 0.333. The highest BCUT2D eigenvalue weighted by molar-refractivity contribution is 5.91. The first-order chi connectivity index (χ1) is 7.78. The van der Waals surface area contributed by atoms with Crippen molar-refractivity contribution in [3.63, 3.8) is 0 Å². The summed E-state index contributed by atoms with van der Waals surface area (Å²) in [5.74, 6) is -0.431. The molecule has 1 amide bonds. The first-order valence-corrected chi connectivity index (χ1v) is 5.11. The molecule has 0 aliphatic carbocycles. The number of nitrogens with one attached hydrogen (secondary N) is 1. The number of carbonyl (C=O) groups is 2. The van der Waals surface area contributed by atoms with E-state index >= 15 is 0 Å². The summed E-state index contributed by atoms with van der Waals surface area (Å²) in [6.45, 7) is 5.35. The summed E-state index contributed by atoms with van der Waals surface area (Å²) in [6, 6.07) is 6.04. The highest BCUT2D eigenvalue weighted by Crippen LogP contribution is 2.14. The van der Waals surface area contributed by atoms with E-state index in [2.05, 4.69) is 5.32 Å². The SMILES string of the molecule is CC(C)(C)OC(=O)c1ccc(NC(=O)O)cc1. The number of esters is 1. The summed E-state index contributed by atoms with van der Waals surface area (Å²) < 4.78 is 5.17. The minimum Gasteiger partial charge on any atom is -0.465 e. The van der Waals surface area contributed by atoms with Gasteiger partial charge in [-0.25, -0.2) is 9.59 Å².